The van der Waals surface area contributed by atoms with Gasteiger partial charge in [0.05, 0.1) is 6.42 Å². The smallest absolute Gasteiger partial charge is 0.206 e. The first-order chi connectivity index (χ1) is 5.90. The van der Waals surface area contributed by atoms with E-state index in [4.69, 9.17) is 0 Å². The van der Waals surface area contributed by atoms with Crippen LogP contribution in [0.4, 0.5) is 17.6 Å². The standard InChI is InChI=1S/C9H8F4/c1-6-3-2-4-7(8(6)10)5-9(11,12)13/h2-4H,5H2,1H3. The van der Waals surface area contributed by atoms with Crippen LogP contribution in [-0.2, 0) is 6.42 Å². The van der Waals surface area contributed by atoms with Crippen molar-refractivity contribution in [3.05, 3.63) is 35.1 Å². The van der Waals surface area contributed by atoms with Crippen molar-refractivity contribution in [2.45, 2.75) is 19.5 Å². The lowest BCUT2D eigenvalue weighted by atomic mass is 10.1. The molecule has 1 aromatic carbocycles. The molecule has 0 bridgehead atoms. The van der Waals surface area contributed by atoms with Crippen LogP contribution < -0.4 is 0 Å². The van der Waals surface area contributed by atoms with Crippen LogP contribution in [0.25, 0.3) is 0 Å². The van der Waals surface area contributed by atoms with E-state index in [9.17, 15) is 17.6 Å². The van der Waals surface area contributed by atoms with Gasteiger partial charge in [0.2, 0.25) is 0 Å². The number of aryl methyl sites for hydroxylation is 1. The van der Waals surface area contributed by atoms with Crippen LogP contribution in [0.2, 0.25) is 0 Å². The molecule has 0 saturated heterocycles. The number of hydrogen-bond acceptors (Lipinski definition) is 0. The normalized spacial score (nSPS) is 11.8. The molecule has 0 amide bonds. The maximum absolute atomic E-state index is 13.0. The molecule has 0 N–H and O–H groups in total. The van der Waals surface area contributed by atoms with Gasteiger partial charge in [-0.15, -0.1) is 0 Å². The summed E-state index contributed by atoms with van der Waals surface area (Å²) >= 11 is 0. The van der Waals surface area contributed by atoms with Gasteiger partial charge < -0.3 is 0 Å². The lowest BCUT2D eigenvalue weighted by molar-refractivity contribution is -0.127. The molecule has 0 nitrogen and oxygen atoms in total. The summed E-state index contributed by atoms with van der Waals surface area (Å²) in [7, 11) is 0. The molecule has 0 aliphatic heterocycles. The quantitative estimate of drug-likeness (QED) is 0.599. The Bertz CT molecular complexity index is 301. The highest BCUT2D eigenvalue weighted by atomic mass is 19.4. The molecule has 0 radical (unpaired) electrons. The second kappa shape index (κ2) is 3.36. The molecular formula is C9H8F4. The Balaban J connectivity index is 2.96. The van der Waals surface area contributed by atoms with Crippen molar-refractivity contribution >= 4 is 0 Å². The number of halogens is 4. The summed E-state index contributed by atoms with van der Waals surface area (Å²) < 4.78 is 48.7. The molecule has 0 aliphatic carbocycles. The molecule has 0 unspecified atom stereocenters. The summed E-state index contributed by atoms with van der Waals surface area (Å²) in [5.74, 6) is -0.764. The highest BCUT2D eigenvalue weighted by Crippen LogP contribution is 2.23. The molecule has 4 heteroatoms. The van der Waals surface area contributed by atoms with E-state index in [1.807, 2.05) is 0 Å². The van der Waals surface area contributed by atoms with Gasteiger partial charge >= 0.3 is 6.18 Å². The van der Waals surface area contributed by atoms with E-state index in [-0.39, 0.29) is 11.1 Å². The molecule has 0 atom stereocenters. The zero-order valence-corrected chi connectivity index (χ0v) is 6.95. The number of alkyl halides is 3. The molecule has 1 rings (SSSR count). The predicted molar refractivity (Wildman–Crippen MR) is 40.9 cm³/mol. The molecule has 0 saturated carbocycles. The van der Waals surface area contributed by atoms with Gasteiger partial charge in [0, 0.05) is 0 Å². The van der Waals surface area contributed by atoms with E-state index in [2.05, 4.69) is 0 Å². The first-order valence-corrected chi connectivity index (χ1v) is 3.71. The van der Waals surface area contributed by atoms with Gasteiger partial charge in [0.1, 0.15) is 5.82 Å². The van der Waals surface area contributed by atoms with E-state index < -0.39 is 18.4 Å². The van der Waals surface area contributed by atoms with E-state index >= 15 is 0 Å². The Kier molecular flexibility index (Phi) is 2.59. The first kappa shape index (κ1) is 10.0. The average Bonchev–Trinajstić information content (AvgIpc) is 1.96. The molecule has 13 heavy (non-hydrogen) atoms. The third kappa shape index (κ3) is 2.72. The molecule has 0 aliphatic rings. The Hall–Kier alpha value is -1.06. The van der Waals surface area contributed by atoms with E-state index in [0.717, 1.165) is 6.07 Å². The topological polar surface area (TPSA) is 0 Å². The van der Waals surface area contributed by atoms with Crippen molar-refractivity contribution in [3.63, 3.8) is 0 Å². The molecule has 0 heterocycles. The Labute approximate surface area is 73.2 Å². The Morgan fingerprint density at radius 2 is 1.85 bits per heavy atom. The van der Waals surface area contributed by atoms with Crippen LogP contribution in [0.3, 0.4) is 0 Å². The highest BCUT2D eigenvalue weighted by Gasteiger charge is 2.29. The van der Waals surface area contributed by atoms with Crippen LogP contribution in [0.5, 0.6) is 0 Å². The fraction of sp³-hybridized carbons (Fsp3) is 0.333. The third-order valence-electron chi connectivity index (χ3n) is 1.66. The minimum Gasteiger partial charge on any atom is -0.206 e. The summed E-state index contributed by atoms with van der Waals surface area (Å²) in [6.45, 7) is 1.44. The summed E-state index contributed by atoms with van der Waals surface area (Å²) in [5, 5.41) is 0. The van der Waals surface area contributed by atoms with Crippen molar-refractivity contribution in [1.82, 2.24) is 0 Å². The minimum atomic E-state index is -4.35. The van der Waals surface area contributed by atoms with Crippen LogP contribution >= 0.6 is 0 Å². The van der Waals surface area contributed by atoms with Gasteiger partial charge in [-0.25, -0.2) is 4.39 Å². The van der Waals surface area contributed by atoms with Crippen molar-refractivity contribution in [3.8, 4) is 0 Å². The Morgan fingerprint density at radius 3 is 2.38 bits per heavy atom. The predicted octanol–water partition coefficient (Wildman–Crippen LogP) is 3.24. The zero-order chi connectivity index (χ0) is 10.1. The van der Waals surface area contributed by atoms with Gasteiger partial charge in [-0.05, 0) is 18.1 Å². The summed E-state index contributed by atoms with van der Waals surface area (Å²) in [6, 6.07) is 4.00. The highest BCUT2D eigenvalue weighted by molar-refractivity contribution is 5.25. The second-order valence-electron chi connectivity index (χ2n) is 2.84. The fourth-order valence-corrected chi connectivity index (χ4v) is 1.06. The molecule has 1 aromatic rings. The van der Waals surface area contributed by atoms with Crippen molar-refractivity contribution in [2.75, 3.05) is 0 Å². The summed E-state index contributed by atoms with van der Waals surface area (Å²) in [6.07, 6.45) is -5.56. The van der Waals surface area contributed by atoms with Crippen molar-refractivity contribution in [2.24, 2.45) is 0 Å². The SMILES string of the molecule is Cc1cccc(CC(F)(F)F)c1F. The lowest BCUT2D eigenvalue weighted by Gasteiger charge is -2.08. The molecule has 72 valence electrons. The molecule has 0 spiro atoms. The average molecular weight is 192 g/mol. The van der Waals surface area contributed by atoms with Crippen molar-refractivity contribution in [1.29, 1.82) is 0 Å². The largest absolute Gasteiger partial charge is 0.393 e. The van der Waals surface area contributed by atoms with Gasteiger partial charge in [-0.1, -0.05) is 18.2 Å². The van der Waals surface area contributed by atoms with Gasteiger partial charge in [0.25, 0.3) is 0 Å². The first-order valence-electron chi connectivity index (χ1n) is 3.71. The number of rotatable bonds is 1. The zero-order valence-electron chi connectivity index (χ0n) is 6.95. The van der Waals surface area contributed by atoms with Gasteiger partial charge in [-0.3, -0.25) is 0 Å². The lowest BCUT2D eigenvalue weighted by Crippen LogP contribution is -2.13. The monoisotopic (exact) mass is 192 g/mol. The minimum absolute atomic E-state index is 0.238. The maximum Gasteiger partial charge on any atom is 0.393 e. The third-order valence-corrected chi connectivity index (χ3v) is 1.66. The van der Waals surface area contributed by atoms with E-state index in [1.165, 1.54) is 19.1 Å². The molecule has 0 fully saturated rings. The van der Waals surface area contributed by atoms with Gasteiger partial charge in [-0.2, -0.15) is 13.2 Å². The van der Waals surface area contributed by atoms with E-state index in [1.54, 1.807) is 0 Å². The van der Waals surface area contributed by atoms with Crippen LogP contribution in [0.15, 0.2) is 18.2 Å². The van der Waals surface area contributed by atoms with Crippen LogP contribution in [-0.4, -0.2) is 6.18 Å². The van der Waals surface area contributed by atoms with Crippen LogP contribution in [0, 0.1) is 12.7 Å². The fourth-order valence-electron chi connectivity index (χ4n) is 1.06. The van der Waals surface area contributed by atoms with E-state index in [0.29, 0.717) is 0 Å². The second-order valence-corrected chi connectivity index (χ2v) is 2.84. The van der Waals surface area contributed by atoms with Crippen LogP contribution in [0.1, 0.15) is 11.1 Å². The summed E-state index contributed by atoms with van der Waals surface area (Å²) in [5.41, 5.74) is -0.0609. The molecule has 0 aromatic heterocycles. The summed E-state index contributed by atoms with van der Waals surface area (Å²) in [4.78, 5) is 0. The van der Waals surface area contributed by atoms with Gasteiger partial charge in [0.15, 0.2) is 0 Å². The van der Waals surface area contributed by atoms with Crippen molar-refractivity contribution < 1.29 is 17.6 Å². The molecular weight excluding hydrogens is 184 g/mol. The maximum atomic E-state index is 13.0. The number of hydrogen-bond donors (Lipinski definition) is 0. The number of benzene rings is 1. The Morgan fingerprint density at radius 1 is 1.23 bits per heavy atom.